The van der Waals surface area contributed by atoms with Crippen LogP contribution in [0.15, 0.2) is 194 Å². The Kier molecular flexibility index (Phi) is 10.3. The molecule has 0 fully saturated rings. The molecule has 0 spiro atoms. The second kappa shape index (κ2) is 17.0. The van der Waals surface area contributed by atoms with Crippen molar-refractivity contribution in [2.24, 2.45) is 0 Å². The van der Waals surface area contributed by atoms with Crippen LogP contribution in [0, 0.1) is 11.3 Å². The van der Waals surface area contributed by atoms with E-state index in [-0.39, 0.29) is 0 Å². The van der Waals surface area contributed by atoms with Crippen LogP contribution in [-0.4, -0.2) is 24.5 Å². The first kappa shape index (κ1) is 39.3. The van der Waals surface area contributed by atoms with E-state index in [0.29, 0.717) is 23.0 Å². The minimum Gasteiger partial charge on any atom is -0.300 e. The SMILES string of the molecule is CCc1nc2c(n1-c1cccc(-c3cccc(-c4ccc(-c5cccc(-c6nc(-c7ccccc7)nc(-c7cccc(-c8cccc(C#N)c8)c7)n6)c5)c5ccccc45)c3)c1)CCC=C2. The Bertz CT molecular complexity index is 3500. The van der Waals surface area contributed by atoms with Crippen LogP contribution in [0.5, 0.6) is 0 Å². The Balaban J connectivity index is 0.961. The zero-order valence-electron chi connectivity index (χ0n) is 35.9. The van der Waals surface area contributed by atoms with Gasteiger partial charge in [-0.1, -0.05) is 159 Å². The van der Waals surface area contributed by atoms with Crippen LogP contribution in [0.2, 0.25) is 0 Å². The lowest BCUT2D eigenvalue weighted by Crippen LogP contribution is -2.06. The molecule has 2 heterocycles. The third-order valence-electron chi connectivity index (χ3n) is 12.3. The number of nitrogens with zero attached hydrogens (tertiary/aromatic N) is 6. The highest BCUT2D eigenvalue weighted by Gasteiger charge is 2.19. The fraction of sp³-hybridized carbons (Fsp3) is 0.0678. The number of hydrogen-bond acceptors (Lipinski definition) is 5. The highest BCUT2D eigenvalue weighted by molar-refractivity contribution is 6.05. The van der Waals surface area contributed by atoms with Gasteiger partial charge < -0.3 is 4.57 Å². The lowest BCUT2D eigenvalue weighted by Gasteiger charge is -2.15. The minimum absolute atomic E-state index is 0.574. The third-order valence-corrected chi connectivity index (χ3v) is 12.3. The van der Waals surface area contributed by atoms with Crippen LogP contribution in [-0.2, 0) is 12.8 Å². The van der Waals surface area contributed by atoms with Gasteiger partial charge in [-0.2, -0.15) is 5.26 Å². The molecule has 0 saturated heterocycles. The van der Waals surface area contributed by atoms with Gasteiger partial charge in [0.1, 0.15) is 5.82 Å². The monoisotopic (exact) mass is 834 g/mol. The predicted molar refractivity (Wildman–Crippen MR) is 264 cm³/mol. The molecule has 0 radical (unpaired) electrons. The molecule has 0 amide bonds. The molecule has 2 aromatic heterocycles. The number of nitriles is 1. The first-order valence-corrected chi connectivity index (χ1v) is 22.1. The molecule has 0 unspecified atom stereocenters. The molecule has 65 heavy (non-hydrogen) atoms. The Labute approximate surface area is 378 Å². The lowest BCUT2D eigenvalue weighted by molar-refractivity contribution is 0.825. The first-order chi connectivity index (χ1) is 32.1. The average molecular weight is 835 g/mol. The third kappa shape index (κ3) is 7.60. The van der Waals surface area contributed by atoms with E-state index in [2.05, 4.69) is 145 Å². The molecule has 11 rings (SSSR count). The summed E-state index contributed by atoms with van der Waals surface area (Å²) in [6, 6.07) is 67.6. The van der Waals surface area contributed by atoms with E-state index in [1.165, 1.54) is 33.2 Å². The molecule has 0 atom stereocenters. The van der Waals surface area contributed by atoms with Crippen molar-refractivity contribution < 1.29 is 0 Å². The van der Waals surface area contributed by atoms with Crippen molar-refractivity contribution in [2.45, 2.75) is 26.2 Å². The molecule has 308 valence electrons. The minimum atomic E-state index is 0.574. The molecule has 0 saturated carbocycles. The summed E-state index contributed by atoms with van der Waals surface area (Å²) in [6.07, 6.45) is 7.30. The topological polar surface area (TPSA) is 80.3 Å². The molecule has 6 heteroatoms. The van der Waals surface area contributed by atoms with E-state index < -0.39 is 0 Å². The molecule has 10 aromatic rings. The summed E-state index contributed by atoms with van der Waals surface area (Å²) in [4.78, 5) is 20.2. The number of aryl methyl sites for hydroxylation is 1. The summed E-state index contributed by atoms with van der Waals surface area (Å²) < 4.78 is 2.37. The van der Waals surface area contributed by atoms with Gasteiger partial charge in [-0.05, 0) is 117 Å². The van der Waals surface area contributed by atoms with Crippen molar-refractivity contribution in [1.29, 1.82) is 5.26 Å². The van der Waals surface area contributed by atoms with Gasteiger partial charge in [0.2, 0.25) is 0 Å². The maximum Gasteiger partial charge on any atom is 0.164 e. The maximum absolute atomic E-state index is 9.55. The first-order valence-electron chi connectivity index (χ1n) is 22.1. The summed E-state index contributed by atoms with van der Waals surface area (Å²) in [5.41, 5.74) is 15.6. The van der Waals surface area contributed by atoms with Crippen molar-refractivity contribution in [2.75, 3.05) is 0 Å². The average Bonchev–Trinajstić information content (AvgIpc) is 3.77. The van der Waals surface area contributed by atoms with Crippen molar-refractivity contribution in [1.82, 2.24) is 24.5 Å². The van der Waals surface area contributed by atoms with Crippen LogP contribution in [0.4, 0.5) is 0 Å². The van der Waals surface area contributed by atoms with Gasteiger partial charge in [0.25, 0.3) is 0 Å². The zero-order chi connectivity index (χ0) is 43.7. The van der Waals surface area contributed by atoms with Gasteiger partial charge in [0, 0.05) is 28.8 Å². The molecule has 6 nitrogen and oxygen atoms in total. The van der Waals surface area contributed by atoms with E-state index in [4.69, 9.17) is 19.9 Å². The molecule has 1 aliphatic carbocycles. The van der Waals surface area contributed by atoms with Crippen molar-refractivity contribution in [3.63, 3.8) is 0 Å². The standard InChI is InChI=1S/C59H42N6/c1-2-56-61-54-29-8-9-30-55(54)65(56)49-26-14-21-44(37-49)42-19-11-22-45(34-42)50-31-32-51(53-28-7-6-27-52(50)53)46-23-13-25-48(36-46)59-63-57(40-16-4-3-5-17-40)62-58(64-59)47-24-12-20-43(35-47)41-18-10-15-39(33-41)38-60/h3-8,10-29,31-37H,2,9,30H2,1H3. The number of fused-ring (bicyclic) bond motifs is 2. The highest BCUT2D eigenvalue weighted by Crippen LogP contribution is 2.39. The van der Waals surface area contributed by atoms with E-state index in [0.717, 1.165) is 81.0 Å². The van der Waals surface area contributed by atoms with Crippen molar-refractivity contribution >= 4 is 16.8 Å². The Morgan fingerprint density at radius 2 is 0.969 bits per heavy atom. The maximum atomic E-state index is 9.55. The Morgan fingerprint density at radius 1 is 0.477 bits per heavy atom. The zero-order valence-corrected chi connectivity index (χ0v) is 35.9. The summed E-state index contributed by atoms with van der Waals surface area (Å²) in [5, 5.41) is 11.9. The molecular weight excluding hydrogens is 793 g/mol. The number of benzene rings is 8. The number of aromatic nitrogens is 5. The smallest absolute Gasteiger partial charge is 0.164 e. The molecule has 0 aliphatic heterocycles. The number of rotatable bonds is 9. The predicted octanol–water partition coefficient (Wildman–Crippen LogP) is 14.3. The fourth-order valence-corrected chi connectivity index (χ4v) is 9.13. The second-order valence-corrected chi connectivity index (χ2v) is 16.4. The summed E-state index contributed by atoms with van der Waals surface area (Å²) in [6.45, 7) is 2.18. The van der Waals surface area contributed by atoms with Crippen molar-refractivity contribution in [3.05, 3.63) is 217 Å². The summed E-state index contributed by atoms with van der Waals surface area (Å²) in [5.74, 6) is 2.86. The Hall–Kier alpha value is -8.53. The van der Waals surface area contributed by atoms with Gasteiger partial charge in [0.15, 0.2) is 17.5 Å². The normalized spacial score (nSPS) is 11.9. The summed E-state index contributed by atoms with van der Waals surface area (Å²) in [7, 11) is 0. The van der Waals surface area contributed by atoms with E-state index in [1.807, 2.05) is 72.8 Å². The molecule has 0 N–H and O–H groups in total. The highest BCUT2D eigenvalue weighted by atomic mass is 15.1. The van der Waals surface area contributed by atoms with Crippen LogP contribution < -0.4 is 0 Å². The Morgan fingerprint density at radius 3 is 1.60 bits per heavy atom. The quantitative estimate of drug-likeness (QED) is 0.145. The van der Waals surface area contributed by atoms with Gasteiger partial charge in [-0.15, -0.1) is 0 Å². The van der Waals surface area contributed by atoms with Crippen molar-refractivity contribution in [3.8, 4) is 90.4 Å². The molecule has 0 bridgehead atoms. The fourth-order valence-electron chi connectivity index (χ4n) is 9.13. The van der Waals surface area contributed by atoms with Crippen LogP contribution in [0.1, 0.15) is 36.1 Å². The number of allylic oxidation sites excluding steroid dienone is 1. The molecular formula is C59H42N6. The van der Waals surface area contributed by atoms with Gasteiger partial charge in [0.05, 0.1) is 23.0 Å². The largest absolute Gasteiger partial charge is 0.300 e. The summed E-state index contributed by atoms with van der Waals surface area (Å²) >= 11 is 0. The van der Waals surface area contributed by atoms with Gasteiger partial charge in [-0.3, -0.25) is 0 Å². The van der Waals surface area contributed by atoms with Crippen LogP contribution >= 0.6 is 0 Å². The molecule has 8 aromatic carbocycles. The van der Waals surface area contributed by atoms with E-state index in [1.54, 1.807) is 0 Å². The van der Waals surface area contributed by atoms with Crippen LogP contribution in [0.25, 0.3) is 101 Å². The van der Waals surface area contributed by atoms with E-state index >= 15 is 0 Å². The van der Waals surface area contributed by atoms with Gasteiger partial charge >= 0.3 is 0 Å². The second-order valence-electron chi connectivity index (χ2n) is 16.4. The lowest BCUT2D eigenvalue weighted by atomic mass is 9.90. The van der Waals surface area contributed by atoms with Gasteiger partial charge in [-0.25, -0.2) is 19.9 Å². The molecule has 1 aliphatic rings. The number of imidazole rings is 1. The van der Waals surface area contributed by atoms with Crippen LogP contribution in [0.3, 0.4) is 0 Å². The van der Waals surface area contributed by atoms with E-state index in [9.17, 15) is 5.26 Å². The number of hydrogen-bond donors (Lipinski definition) is 0.